The zero-order valence-corrected chi connectivity index (χ0v) is 23.5. The number of aromatic nitrogens is 1. The molecular weight excluding hydrogens is 524 g/mol. The van der Waals surface area contributed by atoms with Crippen molar-refractivity contribution in [3.8, 4) is 11.5 Å². The lowest BCUT2D eigenvalue weighted by Crippen LogP contribution is -2.39. The number of carbonyl (C=O) groups is 1. The molecule has 0 amide bonds. The summed E-state index contributed by atoms with van der Waals surface area (Å²) in [7, 11) is 0. The maximum absolute atomic E-state index is 14.0. The minimum atomic E-state index is -0.692. The number of benzene rings is 3. The average Bonchev–Trinajstić information content (AvgIpc) is 3.27. The van der Waals surface area contributed by atoms with Gasteiger partial charge in [-0.2, -0.15) is 0 Å². The van der Waals surface area contributed by atoms with Gasteiger partial charge in [0, 0.05) is 5.39 Å². The van der Waals surface area contributed by atoms with Gasteiger partial charge in [-0.1, -0.05) is 66.5 Å². The van der Waals surface area contributed by atoms with E-state index in [0.717, 1.165) is 27.6 Å². The van der Waals surface area contributed by atoms with E-state index in [1.165, 1.54) is 11.3 Å². The summed E-state index contributed by atoms with van der Waals surface area (Å²) in [4.78, 5) is 32.3. The third-order valence-corrected chi connectivity index (χ3v) is 7.57. The topological polar surface area (TPSA) is 79.1 Å². The van der Waals surface area contributed by atoms with Crippen molar-refractivity contribution in [1.29, 1.82) is 0 Å². The molecule has 7 nitrogen and oxygen atoms in total. The fraction of sp³-hybridized carbons (Fsp3) is 0.219. The monoisotopic (exact) mass is 554 g/mol. The Bertz CT molecular complexity index is 1800. The van der Waals surface area contributed by atoms with Crippen LogP contribution < -0.4 is 24.4 Å². The van der Waals surface area contributed by atoms with Gasteiger partial charge < -0.3 is 14.2 Å². The third kappa shape index (κ3) is 5.10. The minimum absolute atomic E-state index is 0.214. The maximum Gasteiger partial charge on any atom is 0.338 e. The predicted molar refractivity (Wildman–Crippen MR) is 158 cm³/mol. The van der Waals surface area contributed by atoms with E-state index >= 15 is 0 Å². The van der Waals surface area contributed by atoms with Gasteiger partial charge >= 0.3 is 5.97 Å². The number of allylic oxidation sites excluding steroid dienone is 1. The van der Waals surface area contributed by atoms with Gasteiger partial charge in [-0.25, -0.2) is 9.79 Å². The zero-order valence-electron chi connectivity index (χ0n) is 22.7. The zero-order chi connectivity index (χ0) is 28.2. The molecule has 3 aromatic carbocycles. The lowest BCUT2D eigenvalue weighted by atomic mass is 9.96. The highest BCUT2D eigenvalue weighted by Crippen LogP contribution is 2.32. The van der Waals surface area contributed by atoms with Gasteiger partial charge in [0.25, 0.3) is 5.56 Å². The van der Waals surface area contributed by atoms with Gasteiger partial charge in [0.1, 0.15) is 18.1 Å². The summed E-state index contributed by atoms with van der Waals surface area (Å²) in [6.07, 6.45) is 3.55. The molecule has 0 radical (unpaired) electrons. The van der Waals surface area contributed by atoms with Gasteiger partial charge in [0.2, 0.25) is 0 Å². The molecule has 204 valence electrons. The number of ether oxygens (including phenoxy) is 3. The van der Waals surface area contributed by atoms with Gasteiger partial charge in [-0.05, 0) is 61.6 Å². The second-order valence-electron chi connectivity index (χ2n) is 9.10. The molecule has 1 aromatic heterocycles. The fourth-order valence-corrected chi connectivity index (χ4v) is 5.89. The van der Waals surface area contributed by atoms with Crippen LogP contribution in [0, 0.1) is 0 Å². The molecule has 0 fully saturated rings. The number of hydrogen-bond acceptors (Lipinski definition) is 7. The lowest BCUT2D eigenvalue weighted by molar-refractivity contribution is -0.139. The number of carbonyl (C=O) groups excluding carboxylic acids is 1. The molecule has 1 atom stereocenters. The summed E-state index contributed by atoms with van der Waals surface area (Å²) >= 11 is 1.30. The predicted octanol–water partition coefficient (Wildman–Crippen LogP) is 4.92. The van der Waals surface area contributed by atoms with Gasteiger partial charge in [0.05, 0.1) is 35.1 Å². The van der Waals surface area contributed by atoms with Crippen LogP contribution in [0.25, 0.3) is 16.8 Å². The summed E-state index contributed by atoms with van der Waals surface area (Å²) in [6, 6.07) is 18.5. The van der Waals surface area contributed by atoms with Crippen LogP contribution in [0.3, 0.4) is 0 Å². The second-order valence-corrected chi connectivity index (χ2v) is 10.1. The van der Waals surface area contributed by atoms with Crippen molar-refractivity contribution in [2.24, 2.45) is 4.99 Å². The molecule has 0 aliphatic carbocycles. The number of fused-ring (bicyclic) bond motifs is 2. The Morgan fingerprint density at radius 3 is 2.48 bits per heavy atom. The number of hydrogen-bond donors (Lipinski definition) is 0. The highest BCUT2D eigenvalue weighted by Gasteiger charge is 2.33. The molecule has 0 saturated heterocycles. The molecule has 0 saturated carbocycles. The van der Waals surface area contributed by atoms with Crippen LogP contribution in [0.5, 0.6) is 11.5 Å². The summed E-state index contributed by atoms with van der Waals surface area (Å²) in [6.45, 7) is 10.3. The molecule has 1 unspecified atom stereocenters. The number of nitrogens with zero attached hydrogens (tertiary/aromatic N) is 2. The SMILES string of the molecule is C=CCOc1ccc(C2C(C(=O)OCC)=C(C)N=c3sc(=Cc4ccc(OCC)c5ccccc45)c(=O)n32)cc1. The Morgan fingerprint density at radius 1 is 1.02 bits per heavy atom. The molecule has 2 heterocycles. The smallest absolute Gasteiger partial charge is 0.338 e. The molecule has 0 bridgehead atoms. The van der Waals surface area contributed by atoms with Crippen LogP contribution in [0.15, 0.2) is 94.4 Å². The quantitative estimate of drug-likeness (QED) is 0.217. The molecular formula is C32H30N2O5S. The van der Waals surface area contributed by atoms with E-state index in [1.54, 1.807) is 24.5 Å². The summed E-state index contributed by atoms with van der Waals surface area (Å²) < 4.78 is 18.9. The van der Waals surface area contributed by atoms with Crippen molar-refractivity contribution in [2.45, 2.75) is 26.8 Å². The first-order valence-electron chi connectivity index (χ1n) is 13.1. The Morgan fingerprint density at radius 2 is 1.77 bits per heavy atom. The van der Waals surface area contributed by atoms with Crippen molar-refractivity contribution in [3.63, 3.8) is 0 Å². The molecule has 8 heteroatoms. The van der Waals surface area contributed by atoms with E-state index < -0.39 is 12.0 Å². The van der Waals surface area contributed by atoms with Crippen LogP contribution in [-0.2, 0) is 9.53 Å². The number of rotatable bonds is 9. The Balaban J connectivity index is 1.68. The van der Waals surface area contributed by atoms with E-state index in [4.69, 9.17) is 14.2 Å². The third-order valence-electron chi connectivity index (χ3n) is 6.58. The van der Waals surface area contributed by atoms with E-state index in [0.29, 0.717) is 39.6 Å². The standard InChI is InChI=1S/C32H30N2O5S/c1-5-18-39-23-15-12-21(13-16-23)29-28(31(36)38-7-3)20(4)33-32-34(29)30(35)27(40-32)19-22-14-17-26(37-6-2)25-11-9-8-10-24(22)25/h5,8-17,19,29H,1,6-7,18H2,2-4H3. The summed E-state index contributed by atoms with van der Waals surface area (Å²) in [5.41, 5.74) is 2.28. The summed E-state index contributed by atoms with van der Waals surface area (Å²) in [5, 5.41) is 1.96. The highest BCUT2D eigenvalue weighted by atomic mass is 32.1. The van der Waals surface area contributed by atoms with Crippen LogP contribution in [0.2, 0.25) is 0 Å². The molecule has 4 aromatic rings. The van der Waals surface area contributed by atoms with Crippen LogP contribution in [-0.4, -0.2) is 30.4 Å². The van der Waals surface area contributed by atoms with Gasteiger partial charge in [-0.15, -0.1) is 0 Å². The van der Waals surface area contributed by atoms with E-state index in [1.807, 2.05) is 73.7 Å². The molecule has 0 spiro atoms. The largest absolute Gasteiger partial charge is 0.493 e. The summed E-state index contributed by atoms with van der Waals surface area (Å²) in [5.74, 6) is 0.969. The first kappa shape index (κ1) is 27.1. The van der Waals surface area contributed by atoms with Crippen molar-refractivity contribution < 1.29 is 19.0 Å². The van der Waals surface area contributed by atoms with Crippen molar-refractivity contribution in [3.05, 3.63) is 115 Å². The van der Waals surface area contributed by atoms with Crippen LogP contribution in [0.1, 0.15) is 37.9 Å². The molecule has 0 N–H and O–H groups in total. The number of esters is 1. The first-order chi connectivity index (χ1) is 19.5. The van der Waals surface area contributed by atoms with E-state index in [2.05, 4.69) is 11.6 Å². The molecule has 40 heavy (non-hydrogen) atoms. The van der Waals surface area contributed by atoms with Crippen molar-refractivity contribution in [2.75, 3.05) is 19.8 Å². The second kappa shape index (κ2) is 11.8. The highest BCUT2D eigenvalue weighted by molar-refractivity contribution is 7.07. The molecule has 5 rings (SSSR count). The lowest BCUT2D eigenvalue weighted by Gasteiger charge is -2.24. The molecule has 1 aliphatic rings. The van der Waals surface area contributed by atoms with Gasteiger partial charge in [0.15, 0.2) is 4.80 Å². The van der Waals surface area contributed by atoms with Crippen LogP contribution >= 0.6 is 11.3 Å². The van der Waals surface area contributed by atoms with Gasteiger partial charge in [-0.3, -0.25) is 9.36 Å². The normalized spacial score (nSPS) is 15.0. The first-order valence-corrected chi connectivity index (χ1v) is 14.0. The fourth-order valence-electron chi connectivity index (χ4n) is 4.85. The average molecular weight is 555 g/mol. The Kier molecular flexibility index (Phi) is 7.98. The van der Waals surface area contributed by atoms with Crippen molar-refractivity contribution >= 4 is 34.2 Å². The van der Waals surface area contributed by atoms with Crippen molar-refractivity contribution in [1.82, 2.24) is 4.57 Å². The van der Waals surface area contributed by atoms with E-state index in [-0.39, 0.29) is 12.2 Å². The Hall–Kier alpha value is -4.43. The number of thiazole rings is 1. The van der Waals surface area contributed by atoms with Crippen LogP contribution in [0.4, 0.5) is 0 Å². The van der Waals surface area contributed by atoms with E-state index in [9.17, 15) is 9.59 Å². The minimum Gasteiger partial charge on any atom is -0.493 e. The maximum atomic E-state index is 14.0. The Labute approximate surface area is 236 Å². The molecule has 1 aliphatic heterocycles.